The molecule has 24 heavy (non-hydrogen) atoms. The van der Waals surface area contributed by atoms with Crippen LogP contribution in [0.3, 0.4) is 0 Å². The molecule has 0 N–H and O–H groups in total. The molecule has 6 nitrogen and oxygen atoms in total. The van der Waals surface area contributed by atoms with E-state index in [1.54, 1.807) is 12.3 Å². The van der Waals surface area contributed by atoms with Gasteiger partial charge in [-0.25, -0.2) is 4.68 Å². The maximum atomic E-state index is 12.7. The standard InChI is InChI=1S/C18H24N4O2/c1-3-21(15-8-10-20(2)11-9-15)17(23)13-22-18(24)16-7-5-4-6-14(16)12-19-22/h4-7,12,15H,3,8-11,13H2,1-2H3. The van der Waals surface area contributed by atoms with Gasteiger partial charge < -0.3 is 9.80 Å². The summed E-state index contributed by atoms with van der Waals surface area (Å²) in [6.45, 7) is 4.66. The van der Waals surface area contributed by atoms with Crippen molar-refractivity contribution in [1.82, 2.24) is 19.6 Å². The number of benzene rings is 1. The van der Waals surface area contributed by atoms with Crippen LogP contribution in [0.15, 0.2) is 35.3 Å². The van der Waals surface area contributed by atoms with Crippen LogP contribution in [0.5, 0.6) is 0 Å². The smallest absolute Gasteiger partial charge is 0.275 e. The highest BCUT2D eigenvalue weighted by molar-refractivity contribution is 5.81. The quantitative estimate of drug-likeness (QED) is 0.850. The van der Waals surface area contributed by atoms with Gasteiger partial charge in [-0.1, -0.05) is 18.2 Å². The molecule has 0 aliphatic carbocycles. The summed E-state index contributed by atoms with van der Waals surface area (Å²) in [5, 5.41) is 5.57. The lowest BCUT2D eigenvalue weighted by molar-refractivity contribution is -0.135. The minimum absolute atomic E-state index is 0.00382. The highest BCUT2D eigenvalue weighted by Crippen LogP contribution is 2.16. The first-order valence-corrected chi connectivity index (χ1v) is 8.53. The van der Waals surface area contributed by atoms with Gasteiger partial charge in [0.25, 0.3) is 5.56 Å². The molecular weight excluding hydrogens is 304 g/mol. The second-order valence-electron chi connectivity index (χ2n) is 6.41. The third kappa shape index (κ3) is 3.33. The molecule has 1 fully saturated rings. The Kier molecular flexibility index (Phi) is 4.94. The van der Waals surface area contributed by atoms with E-state index in [9.17, 15) is 9.59 Å². The summed E-state index contributed by atoms with van der Waals surface area (Å²) in [5.74, 6) is -0.0306. The van der Waals surface area contributed by atoms with E-state index in [1.165, 1.54) is 4.68 Å². The predicted molar refractivity (Wildman–Crippen MR) is 93.9 cm³/mol. The van der Waals surface area contributed by atoms with Crippen molar-refractivity contribution in [2.45, 2.75) is 32.4 Å². The van der Waals surface area contributed by atoms with E-state index < -0.39 is 0 Å². The van der Waals surface area contributed by atoms with Crippen molar-refractivity contribution in [3.63, 3.8) is 0 Å². The number of amides is 1. The first kappa shape index (κ1) is 16.6. The molecule has 1 aromatic heterocycles. The van der Waals surface area contributed by atoms with Crippen LogP contribution in [0.4, 0.5) is 0 Å². The van der Waals surface area contributed by atoms with Crippen molar-refractivity contribution in [3.05, 3.63) is 40.8 Å². The Morgan fingerprint density at radius 2 is 2.00 bits per heavy atom. The molecule has 2 aromatic rings. The third-order valence-electron chi connectivity index (χ3n) is 4.84. The van der Waals surface area contributed by atoms with Crippen LogP contribution >= 0.6 is 0 Å². The summed E-state index contributed by atoms with van der Waals surface area (Å²) in [6.07, 6.45) is 3.61. The molecule has 1 saturated heterocycles. The number of hydrogen-bond donors (Lipinski definition) is 0. The van der Waals surface area contributed by atoms with E-state index in [2.05, 4.69) is 17.0 Å². The normalized spacial score (nSPS) is 16.4. The van der Waals surface area contributed by atoms with E-state index >= 15 is 0 Å². The molecule has 128 valence electrons. The van der Waals surface area contributed by atoms with Crippen LogP contribution < -0.4 is 5.56 Å². The molecular formula is C18H24N4O2. The Labute approximate surface area is 141 Å². The van der Waals surface area contributed by atoms with Gasteiger partial charge in [0.2, 0.25) is 5.91 Å². The number of likely N-dealkylation sites (tertiary alicyclic amines) is 1. The van der Waals surface area contributed by atoms with Crippen LogP contribution in [0.25, 0.3) is 10.8 Å². The Morgan fingerprint density at radius 3 is 2.71 bits per heavy atom. The minimum atomic E-state index is -0.208. The molecule has 0 unspecified atom stereocenters. The average Bonchev–Trinajstić information content (AvgIpc) is 2.60. The van der Waals surface area contributed by atoms with E-state index in [0.717, 1.165) is 31.3 Å². The number of hydrogen-bond acceptors (Lipinski definition) is 4. The molecule has 0 bridgehead atoms. The molecule has 6 heteroatoms. The number of piperidine rings is 1. The zero-order valence-corrected chi connectivity index (χ0v) is 14.3. The van der Waals surface area contributed by atoms with Gasteiger partial charge in [-0.15, -0.1) is 0 Å². The fourth-order valence-corrected chi connectivity index (χ4v) is 3.40. The Hall–Kier alpha value is -2.21. The zero-order valence-electron chi connectivity index (χ0n) is 14.3. The van der Waals surface area contributed by atoms with Gasteiger partial charge in [-0.2, -0.15) is 5.10 Å². The molecule has 2 heterocycles. The second-order valence-corrected chi connectivity index (χ2v) is 6.41. The SMILES string of the molecule is CCN(C(=O)Cn1ncc2ccccc2c1=O)C1CCN(C)CC1. The summed E-state index contributed by atoms with van der Waals surface area (Å²) < 4.78 is 1.28. The molecule has 1 aliphatic rings. The molecule has 3 rings (SSSR count). The molecule has 1 amide bonds. The van der Waals surface area contributed by atoms with E-state index in [1.807, 2.05) is 30.0 Å². The number of aromatic nitrogens is 2. The molecule has 0 saturated carbocycles. The summed E-state index contributed by atoms with van der Waals surface area (Å²) in [7, 11) is 2.10. The predicted octanol–water partition coefficient (Wildman–Crippen LogP) is 1.34. The largest absolute Gasteiger partial charge is 0.338 e. The zero-order chi connectivity index (χ0) is 17.1. The Morgan fingerprint density at radius 1 is 1.29 bits per heavy atom. The molecule has 1 aromatic carbocycles. The molecule has 1 aliphatic heterocycles. The number of carbonyl (C=O) groups is 1. The van der Waals surface area contributed by atoms with Gasteiger partial charge in [-0.3, -0.25) is 9.59 Å². The van der Waals surface area contributed by atoms with Gasteiger partial charge in [0.15, 0.2) is 0 Å². The number of fused-ring (bicyclic) bond motifs is 1. The fraction of sp³-hybridized carbons (Fsp3) is 0.500. The summed E-state index contributed by atoms with van der Waals surface area (Å²) >= 11 is 0. The number of likely N-dealkylation sites (N-methyl/N-ethyl adjacent to an activating group) is 1. The highest BCUT2D eigenvalue weighted by Gasteiger charge is 2.26. The Balaban J connectivity index is 1.78. The third-order valence-corrected chi connectivity index (χ3v) is 4.84. The number of carbonyl (C=O) groups excluding carboxylic acids is 1. The summed E-state index contributed by atoms with van der Waals surface area (Å²) in [4.78, 5) is 29.4. The molecule has 0 atom stereocenters. The Bertz CT molecular complexity index is 778. The highest BCUT2D eigenvalue weighted by atomic mass is 16.2. The molecule has 0 radical (unpaired) electrons. The van der Waals surface area contributed by atoms with Crippen molar-refractivity contribution in [2.24, 2.45) is 0 Å². The van der Waals surface area contributed by atoms with Gasteiger partial charge in [0.05, 0.1) is 11.6 Å². The van der Waals surface area contributed by atoms with Crippen LogP contribution in [-0.2, 0) is 11.3 Å². The van der Waals surface area contributed by atoms with Crippen LogP contribution in [0.1, 0.15) is 19.8 Å². The topological polar surface area (TPSA) is 58.4 Å². The summed E-state index contributed by atoms with van der Waals surface area (Å²) in [5.41, 5.74) is -0.208. The van der Waals surface area contributed by atoms with E-state index in [4.69, 9.17) is 0 Å². The maximum Gasteiger partial charge on any atom is 0.275 e. The van der Waals surface area contributed by atoms with Gasteiger partial charge in [-0.05, 0) is 46.0 Å². The van der Waals surface area contributed by atoms with Crippen LogP contribution in [0, 0.1) is 0 Å². The fourth-order valence-electron chi connectivity index (χ4n) is 3.40. The monoisotopic (exact) mass is 328 g/mol. The van der Waals surface area contributed by atoms with Crippen LogP contribution in [-0.4, -0.2) is 58.2 Å². The first-order chi connectivity index (χ1) is 11.6. The van der Waals surface area contributed by atoms with Crippen molar-refractivity contribution in [2.75, 3.05) is 26.7 Å². The van der Waals surface area contributed by atoms with Crippen molar-refractivity contribution >= 4 is 16.7 Å². The lowest BCUT2D eigenvalue weighted by Gasteiger charge is -2.36. The van der Waals surface area contributed by atoms with E-state index in [0.29, 0.717) is 11.9 Å². The van der Waals surface area contributed by atoms with Crippen molar-refractivity contribution in [1.29, 1.82) is 0 Å². The first-order valence-electron chi connectivity index (χ1n) is 8.53. The van der Waals surface area contributed by atoms with E-state index in [-0.39, 0.29) is 24.1 Å². The van der Waals surface area contributed by atoms with Gasteiger partial charge >= 0.3 is 0 Å². The number of rotatable bonds is 4. The van der Waals surface area contributed by atoms with Crippen molar-refractivity contribution < 1.29 is 4.79 Å². The minimum Gasteiger partial charge on any atom is -0.338 e. The van der Waals surface area contributed by atoms with Gasteiger partial charge in [0, 0.05) is 18.0 Å². The lowest BCUT2D eigenvalue weighted by atomic mass is 10.0. The molecule has 0 spiro atoms. The second kappa shape index (κ2) is 7.13. The summed E-state index contributed by atoms with van der Waals surface area (Å²) in [6, 6.07) is 7.58. The number of nitrogens with zero attached hydrogens (tertiary/aromatic N) is 4. The van der Waals surface area contributed by atoms with Gasteiger partial charge in [0.1, 0.15) is 6.54 Å². The van der Waals surface area contributed by atoms with Crippen LogP contribution in [0.2, 0.25) is 0 Å². The van der Waals surface area contributed by atoms with Crippen molar-refractivity contribution in [3.8, 4) is 0 Å². The lowest BCUT2D eigenvalue weighted by Crippen LogP contribution is -2.48. The maximum absolute atomic E-state index is 12.7. The average molecular weight is 328 g/mol.